The van der Waals surface area contributed by atoms with Gasteiger partial charge >= 0.3 is 0 Å². The predicted molar refractivity (Wildman–Crippen MR) is 127 cm³/mol. The number of benzene rings is 2. The minimum atomic E-state index is 0.0258. The largest absolute Gasteiger partial charge is 0.506 e. The zero-order chi connectivity index (χ0) is 22.1. The Kier molecular flexibility index (Phi) is 6.17. The molecule has 0 bridgehead atoms. The predicted octanol–water partition coefficient (Wildman–Crippen LogP) is 5.24. The Morgan fingerprint density at radius 2 is 1.84 bits per heavy atom. The van der Waals surface area contributed by atoms with Crippen molar-refractivity contribution < 1.29 is 9.90 Å². The molecule has 0 unspecified atom stereocenters. The maximum atomic E-state index is 12.5. The van der Waals surface area contributed by atoms with Crippen molar-refractivity contribution in [1.29, 1.82) is 0 Å². The monoisotopic (exact) mass is 437 g/mol. The SMILES string of the molecule is CC(=O)c1cnc2ccc(-c3ccc(O)c(Cl)c3)cc2c1N1CCC(CN(C)C)CC1. The maximum absolute atomic E-state index is 12.5. The number of hydrogen-bond donors (Lipinski definition) is 1. The Hall–Kier alpha value is -2.63. The van der Waals surface area contributed by atoms with E-state index in [4.69, 9.17) is 11.6 Å². The first-order valence-electron chi connectivity index (χ1n) is 10.7. The molecule has 0 spiro atoms. The van der Waals surface area contributed by atoms with E-state index in [1.807, 2.05) is 18.2 Å². The van der Waals surface area contributed by atoms with Gasteiger partial charge in [0, 0.05) is 31.2 Å². The smallest absolute Gasteiger partial charge is 0.163 e. The van der Waals surface area contributed by atoms with E-state index in [-0.39, 0.29) is 11.5 Å². The second-order valence-corrected chi connectivity index (χ2v) is 9.07. The zero-order valence-electron chi connectivity index (χ0n) is 18.2. The fourth-order valence-corrected chi connectivity index (χ4v) is 4.68. The highest BCUT2D eigenvalue weighted by atomic mass is 35.5. The van der Waals surface area contributed by atoms with E-state index in [0.717, 1.165) is 60.2 Å². The van der Waals surface area contributed by atoms with Crippen molar-refractivity contribution in [3.63, 3.8) is 0 Å². The third-order valence-electron chi connectivity index (χ3n) is 6.05. The van der Waals surface area contributed by atoms with Crippen molar-refractivity contribution in [2.45, 2.75) is 19.8 Å². The van der Waals surface area contributed by atoms with Crippen LogP contribution in [-0.2, 0) is 0 Å². The van der Waals surface area contributed by atoms with Gasteiger partial charge in [0.05, 0.1) is 21.8 Å². The minimum absolute atomic E-state index is 0.0258. The average Bonchev–Trinajstić information content (AvgIpc) is 2.74. The summed E-state index contributed by atoms with van der Waals surface area (Å²) < 4.78 is 0. The van der Waals surface area contributed by atoms with E-state index in [0.29, 0.717) is 16.5 Å². The van der Waals surface area contributed by atoms with Crippen molar-refractivity contribution in [1.82, 2.24) is 9.88 Å². The number of carbonyl (C=O) groups is 1. The number of pyridine rings is 1. The molecule has 5 nitrogen and oxygen atoms in total. The Bertz CT molecular complexity index is 1120. The van der Waals surface area contributed by atoms with Crippen molar-refractivity contribution in [3.8, 4) is 16.9 Å². The molecule has 0 radical (unpaired) electrons. The third-order valence-corrected chi connectivity index (χ3v) is 6.36. The normalized spacial score (nSPS) is 15.1. The summed E-state index contributed by atoms with van der Waals surface area (Å²) in [5.41, 5.74) is 4.39. The van der Waals surface area contributed by atoms with Crippen LogP contribution >= 0.6 is 11.6 Å². The molecule has 1 saturated heterocycles. The number of fused-ring (bicyclic) bond motifs is 1. The van der Waals surface area contributed by atoms with E-state index in [2.05, 4.69) is 34.9 Å². The zero-order valence-corrected chi connectivity index (χ0v) is 19.0. The first kappa shape index (κ1) is 21.6. The number of ketones is 1. The minimum Gasteiger partial charge on any atom is -0.506 e. The van der Waals surface area contributed by atoms with Crippen molar-refractivity contribution in [2.75, 3.05) is 38.6 Å². The molecule has 6 heteroatoms. The Balaban J connectivity index is 1.77. The van der Waals surface area contributed by atoms with E-state index in [1.165, 1.54) is 0 Å². The summed E-state index contributed by atoms with van der Waals surface area (Å²) in [6, 6.07) is 11.3. The number of Topliss-reactive ketones (excluding diaryl/α,β-unsaturated/α-hetero) is 1. The first-order chi connectivity index (χ1) is 14.8. The molecule has 2 heterocycles. The number of carbonyl (C=O) groups excluding carboxylic acids is 1. The van der Waals surface area contributed by atoms with Gasteiger partial charge in [-0.25, -0.2) is 0 Å². The van der Waals surface area contributed by atoms with Gasteiger partial charge in [0.15, 0.2) is 5.78 Å². The summed E-state index contributed by atoms with van der Waals surface area (Å²) >= 11 is 6.13. The highest BCUT2D eigenvalue weighted by Crippen LogP contribution is 2.36. The number of phenols is 1. The van der Waals surface area contributed by atoms with Crippen LogP contribution in [0.25, 0.3) is 22.0 Å². The van der Waals surface area contributed by atoms with Crippen LogP contribution < -0.4 is 4.90 Å². The first-order valence-corrected chi connectivity index (χ1v) is 11.0. The molecule has 3 aromatic rings. The fourth-order valence-electron chi connectivity index (χ4n) is 4.50. The highest BCUT2D eigenvalue weighted by molar-refractivity contribution is 6.32. The van der Waals surface area contributed by atoms with E-state index in [9.17, 15) is 9.90 Å². The lowest BCUT2D eigenvalue weighted by Crippen LogP contribution is -2.37. The van der Waals surface area contributed by atoms with Gasteiger partial charge in [0.25, 0.3) is 0 Å². The summed E-state index contributed by atoms with van der Waals surface area (Å²) in [6.07, 6.45) is 3.92. The lowest BCUT2D eigenvalue weighted by atomic mass is 9.94. The number of halogens is 1. The Morgan fingerprint density at radius 1 is 1.16 bits per heavy atom. The molecule has 4 rings (SSSR count). The number of rotatable bonds is 5. The quantitative estimate of drug-likeness (QED) is 0.553. The van der Waals surface area contributed by atoms with Crippen LogP contribution in [0.2, 0.25) is 5.02 Å². The van der Waals surface area contributed by atoms with Gasteiger partial charge in [-0.3, -0.25) is 9.78 Å². The van der Waals surface area contributed by atoms with Gasteiger partial charge in [0.1, 0.15) is 5.75 Å². The van der Waals surface area contributed by atoms with Gasteiger partial charge in [-0.15, -0.1) is 0 Å². The van der Waals surface area contributed by atoms with Crippen LogP contribution in [0.4, 0.5) is 5.69 Å². The van der Waals surface area contributed by atoms with Crippen LogP contribution in [0.15, 0.2) is 42.6 Å². The lowest BCUT2D eigenvalue weighted by Gasteiger charge is -2.36. The van der Waals surface area contributed by atoms with Crippen LogP contribution in [0.3, 0.4) is 0 Å². The molecular weight excluding hydrogens is 410 g/mol. The number of phenolic OH excluding ortho intramolecular Hbond substituents is 1. The number of aromatic nitrogens is 1. The van der Waals surface area contributed by atoms with Crippen LogP contribution in [0.5, 0.6) is 5.75 Å². The molecular formula is C25H28ClN3O2. The standard InChI is InChI=1S/C25H28ClN3O2/c1-16(30)21-14-27-23-6-4-18(19-5-7-24(31)22(26)13-19)12-20(23)25(21)29-10-8-17(9-11-29)15-28(2)3/h4-7,12-14,17,31H,8-11,15H2,1-3H3. The van der Waals surface area contributed by atoms with Gasteiger partial charge in [-0.1, -0.05) is 23.7 Å². The van der Waals surface area contributed by atoms with Crippen molar-refractivity contribution in [2.24, 2.45) is 5.92 Å². The fraction of sp³-hybridized carbons (Fsp3) is 0.360. The molecule has 1 N–H and O–H groups in total. The number of aromatic hydroxyl groups is 1. The molecule has 1 aliphatic rings. The summed E-state index contributed by atoms with van der Waals surface area (Å²) in [6.45, 7) is 4.55. The summed E-state index contributed by atoms with van der Waals surface area (Å²) in [5.74, 6) is 0.765. The molecule has 0 aliphatic carbocycles. The van der Waals surface area contributed by atoms with E-state index in [1.54, 1.807) is 25.3 Å². The summed E-state index contributed by atoms with van der Waals surface area (Å²) in [7, 11) is 4.24. The number of anilines is 1. The van der Waals surface area contributed by atoms with E-state index < -0.39 is 0 Å². The highest BCUT2D eigenvalue weighted by Gasteiger charge is 2.24. The van der Waals surface area contributed by atoms with Gasteiger partial charge in [-0.2, -0.15) is 0 Å². The van der Waals surface area contributed by atoms with Crippen molar-refractivity contribution in [3.05, 3.63) is 53.2 Å². The Labute approximate surface area is 188 Å². The number of nitrogens with zero attached hydrogens (tertiary/aromatic N) is 3. The van der Waals surface area contributed by atoms with Crippen LogP contribution in [-0.4, -0.2) is 54.5 Å². The molecule has 0 saturated carbocycles. The second-order valence-electron chi connectivity index (χ2n) is 8.67. The molecule has 2 aromatic carbocycles. The van der Waals surface area contributed by atoms with Gasteiger partial charge < -0.3 is 14.9 Å². The van der Waals surface area contributed by atoms with Crippen LogP contribution in [0, 0.1) is 5.92 Å². The van der Waals surface area contributed by atoms with Crippen LogP contribution in [0.1, 0.15) is 30.1 Å². The number of piperidine rings is 1. The molecule has 1 aliphatic heterocycles. The summed E-state index contributed by atoms with van der Waals surface area (Å²) in [5, 5.41) is 11.0. The average molecular weight is 438 g/mol. The van der Waals surface area contributed by atoms with Gasteiger partial charge in [-0.05, 0) is 75.2 Å². The second kappa shape index (κ2) is 8.85. The van der Waals surface area contributed by atoms with Crippen molar-refractivity contribution >= 4 is 34.0 Å². The lowest BCUT2D eigenvalue weighted by molar-refractivity contribution is 0.101. The third kappa shape index (κ3) is 4.53. The molecule has 0 amide bonds. The topological polar surface area (TPSA) is 56.7 Å². The molecule has 1 fully saturated rings. The maximum Gasteiger partial charge on any atom is 0.163 e. The molecule has 1 aromatic heterocycles. The number of hydrogen-bond acceptors (Lipinski definition) is 5. The summed E-state index contributed by atoms with van der Waals surface area (Å²) in [4.78, 5) is 21.6. The molecule has 31 heavy (non-hydrogen) atoms. The molecule has 0 atom stereocenters. The molecule has 162 valence electrons. The van der Waals surface area contributed by atoms with Gasteiger partial charge in [0.2, 0.25) is 0 Å². The Morgan fingerprint density at radius 3 is 2.48 bits per heavy atom. The van der Waals surface area contributed by atoms with E-state index >= 15 is 0 Å².